The van der Waals surface area contributed by atoms with Crippen LogP contribution in [0.15, 0.2) is 29.9 Å². The zero-order valence-corrected chi connectivity index (χ0v) is 18.0. The molecule has 2 aromatic rings. The molecular formula is C26H35N3. The van der Waals surface area contributed by atoms with Gasteiger partial charge in [0, 0.05) is 41.4 Å². The zero-order valence-electron chi connectivity index (χ0n) is 18.0. The monoisotopic (exact) mass is 389 g/mol. The van der Waals surface area contributed by atoms with Gasteiger partial charge in [-0.15, -0.1) is 0 Å². The van der Waals surface area contributed by atoms with Crippen molar-refractivity contribution in [2.45, 2.75) is 70.8 Å². The van der Waals surface area contributed by atoms with Crippen molar-refractivity contribution in [1.29, 1.82) is 0 Å². The maximum Gasteiger partial charge on any atom is 0.0561 e. The summed E-state index contributed by atoms with van der Waals surface area (Å²) in [4.78, 5) is 4.10. The lowest BCUT2D eigenvalue weighted by Crippen LogP contribution is -2.41. The second kappa shape index (κ2) is 7.34. The summed E-state index contributed by atoms with van der Waals surface area (Å²) in [6.45, 7) is 13.1. The van der Waals surface area contributed by atoms with Gasteiger partial charge < -0.3 is 9.88 Å². The molecule has 0 unspecified atom stereocenters. The maximum absolute atomic E-state index is 4.51. The molecule has 0 radical (unpaired) electrons. The van der Waals surface area contributed by atoms with Crippen LogP contribution in [0, 0.1) is 18.3 Å². The lowest BCUT2D eigenvalue weighted by molar-refractivity contribution is 0.0685. The van der Waals surface area contributed by atoms with Crippen molar-refractivity contribution >= 4 is 23.3 Å². The molecule has 6 rings (SSSR count). The lowest BCUT2D eigenvalue weighted by atomic mass is 9.61. The fourth-order valence-corrected chi connectivity index (χ4v) is 5.91. The Bertz CT molecular complexity index is 925. The van der Waals surface area contributed by atoms with Crippen LogP contribution in [0.1, 0.15) is 74.0 Å². The molecule has 1 aromatic carbocycles. The van der Waals surface area contributed by atoms with E-state index in [4.69, 9.17) is 0 Å². The van der Waals surface area contributed by atoms with Crippen molar-refractivity contribution in [3.63, 3.8) is 0 Å². The molecule has 0 amide bonds. The van der Waals surface area contributed by atoms with E-state index in [1.807, 2.05) is 0 Å². The maximum atomic E-state index is 4.51. The van der Waals surface area contributed by atoms with E-state index in [9.17, 15) is 0 Å². The van der Waals surface area contributed by atoms with Crippen LogP contribution in [0.3, 0.4) is 0 Å². The number of nitrogens with one attached hydrogen (secondary N) is 1. The number of aromatic nitrogens is 1. The van der Waals surface area contributed by atoms with Crippen LogP contribution in [0.2, 0.25) is 0 Å². The Kier molecular flexibility index (Phi) is 4.80. The van der Waals surface area contributed by atoms with E-state index in [0.29, 0.717) is 5.41 Å². The molecule has 4 saturated carbocycles. The van der Waals surface area contributed by atoms with Gasteiger partial charge in [-0.1, -0.05) is 12.6 Å². The summed E-state index contributed by atoms with van der Waals surface area (Å²) in [5.74, 6) is 1.74. The molecule has 4 aliphatic carbocycles. The third kappa shape index (κ3) is 3.53. The average Bonchev–Trinajstić information content (AvgIpc) is 3.53. The Labute approximate surface area is 175 Å². The van der Waals surface area contributed by atoms with E-state index in [2.05, 4.69) is 53.4 Å². The summed E-state index contributed by atoms with van der Waals surface area (Å²) in [6.07, 6.45) is 13.5. The Hall–Kier alpha value is -2.03. The van der Waals surface area contributed by atoms with Crippen molar-refractivity contribution in [2.75, 3.05) is 13.1 Å². The largest absolute Gasteiger partial charge is 0.384 e. The van der Waals surface area contributed by atoms with Crippen molar-refractivity contribution in [2.24, 2.45) is 16.3 Å². The highest BCUT2D eigenvalue weighted by atomic mass is 15.0. The molecule has 1 heterocycles. The standard InChI is InChI=1S/C26H35N3/c1-18-14-22(21-4-5-21)25-23(16-29(13-12-27-3)24(25)15-18)19(2)28-17-26-9-6-20(7-10-26)8-11-26/h14-16,20-21,28H,2-13,17H2,1H3. The van der Waals surface area contributed by atoms with Crippen LogP contribution in [-0.2, 0) is 6.54 Å². The molecule has 4 aliphatic rings. The number of aliphatic imine (C=N–C) groups is 1. The van der Waals surface area contributed by atoms with E-state index in [1.54, 1.807) is 0 Å². The van der Waals surface area contributed by atoms with E-state index in [0.717, 1.165) is 37.2 Å². The Morgan fingerprint density at radius 1 is 1.17 bits per heavy atom. The molecule has 0 spiro atoms. The molecule has 3 heteroatoms. The van der Waals surface area contributed by atoms with E-state index >= 15 is 0 Å². The number of hydrogen-bond donors (Lipinski definition) is 1. The summed E-state index contributed by atoms with van der Waals surface area (Å²) in [7, 11) is 0. The molecule has 4 fully saturated rings. The summed E-state index contributed by atoms with van der Waals surface area (Å²) in [5.41, 5.74) is 7.14. The van der Waals surface area contributed by atoms with Crippen molar-refractivity contribution < 1.29 is 0 Å². The van der Waals surface area contributed by atoms with Crippen molar-refractivity contribution in [1.82, 2.24) is 9.88 Å². The second-order valence-corrected chi connectivity index (χ2v) is 10.0. The number of aryl methyl sites for hydroxylation is 1. The van der Waals surface area contributed by atoms with E-state index in [1.165, 1.54) is 79.0 Å². The van der Waals surface area contributed by atoms with Crippen LogP contribution < -0.4 is 5.32 Å². The molecule has 1 N–H and O–H groups in total. The fraction of sp³-hybridized carbons (Fsp3) is 0.577. The highest BCUT2D eigenvalue weighted by Crippen LogP contribution is 2.50. The fourth-order valence-electron chi connectivity index (χ4n) is 5.91. The number of hydrogen-bond acceptors (Lipinski definition) is 2. The van der Waals surface area contributed by atoms with Gasteiger partial charge in [0.1, 0.15) is 0 Å². The molecule has 1 aromatic heterocycles. The van der Waals surface area contributed by atoms with Gasteiger partial charge >= 0.3 is 0 Å². The minimum Gasteiger partial charge on any atom is -0.384 e. The smallest absolute Gasteiger partial charge is 0.0561 e. The lowest BCUT2D eigenvalue weighted by Gasteiger charge is -2.47. The quantitative estimate of drug-likeness (QED) is 0.546. The Morgan fingerprint density at radius 3 is 2.55 bits per heavy atom. The SMILES string of the molecule is C=NCCn1cc(C(=C)NCC23CCC(CC2)CC3)c2c(C3CC3)cc(C)cc21. The van der Waals surface area contributed by atoms with Crippen LogP contribution in [0.25, 0.3) is 16.6 Å². The summed E-state index contributed by atoms with van der Waals surface area (Å²) < 4.78 is 2.37. The zero-order chi connectivity index (χ0) is 20.0. The second-order valence-electron chi connectivity index (χ2n) is 10.0. The van der Waals surface area contributed by atoms with Crippen LogP contribution in [0.4, 0.5) is 0 Å². The van der Waals surface area contributed by atoms with Gasteiger partial charge in [0.2, 0.25) is 0 Å². The number of benzene rings is 1. The van der Waals surface area contributed by atoms with Gasteiger partial charge in [-0.3, -0.25) is 4.99 Å². The predicted molar refractivity (Wildman–Crippen MR) is 124 cm³/mol. The van der Waals surface area contributed by atoms with Gasteiger partial charge in [0.05, 0.1) is 6.54 Å². The van der Waals surface area contributed by atoms with Gasteiger partial charge in [0.25, 0.3) is 0 Å². The van der Waals surface area contributed by atoms with Crippen molar-refractivity contribution in [3.8, 4) is 0 Å². The molecule has 154 valence electrons. The normalized spacial score (nSPS) is 26.0. The molecule has 0 saturated heterocycles. The van der Waals surface area contributed by atoms with E-state index in [-0.39, 0.29) is 0 Å². The molecule has 3 nitrogen and oxygen atoms in total. The van der Waals surface area contributed by atoms with Crippen LogP contribution in [-0.4, -0.2) is 24.4 Å². The highest BCUT2D eigenvalue weighted by molar-refractivity contribution is 5.96. The minimum atomic E-state index is 0.513. The van der Waals surface area contributed by atoms with Gasteiger partial charge in [-0.2, -0.15) is 0 Å². The first-order valence-electron chi connectivity index (χ1n) is 11.6. The molecule has 2 bridgehead atoms. The predicted octanol–water partition coefficient (Wildman–Crippen LogP) is 6.06. The third-order valence-electron chi connectivity index (χ3n) is 7.92. The van der Waals surface area contributed by atoms with E-state index < -0.39 is 0 Å². The highest BCUT2D eigenvalue weighted by Gasteiger charge is 2.40. The number of fused-ring (bicyclic) bond motifs is 4. The van der Waals surface area contributed by atoms with Crippen LogP contribution in [0.5, 0.6) is 0 Å². The van der Waals surface area contributed by atoms with Gasteiger partial charge in [0.15, 0.2) is 0 Å². The molecule has 29 heavy (non-hydrogen) atoms. The van der Waals surface area contributed by atoms with Crippen LogP contribution >= 0.6 is 0 Å². The Balaban J connectivity index is 1.46. The minimum absolute atomic E-state index is 0.513. The van der Waals surface area contributed by atoms with Gasteiger partial charge in [-0.25, -0.2) is 0 Å². The molecule has 0 aliphatic heterocycles. The summed E-state index contributed by atoms with van der Waals surface area (Å²) in [5, 5.41) is 5.23. The first-order valence-corrected chi connectivity index (χ1v) is 11.6. The molecular weight excluding hydrogens is 354 g/mol. The Morgan fingerprint density at radius 2 is 1.90 bits per heavy atom. The average molecular weight is 390 g/mol. The first-order chi connectivity index (χ1) is 14.1. The van der Waals surface area contributed by atoms with Gasteiger partial charge in [-0.05, 0) is 99.5 Å². The van der Waals surface area contributed by atoms with Crippen molar-refractivity contribution in [3.05, 3.63) is 41.6 Å². The number of nitrogens with zero attached hydrogens (tertiary/aromatic N) is 2. The molecule has 0 atom stereocenters. The topological polar surface area (TPSA) is 29.3 Å². The number of rotatable bonds is 8. The third-order valence-corrected chi connectivity index (χ3v) is 7.92. The summed E-state index contributed by atoms with van der Waals surface area (Å²) in [6, 6.07) is 4.75. The summed E-state index contributed by atoms with van der Waals surface area (Å²) >= 11 is 0. The first kappa shape index (κ1) is 19.0.